The normalized spacial score (nSPS) is 19.1. The number of benzene rings is 3. The highest BCUT2D eigenvalue weighted by Gasteiger charge is 2.35. The van der Waals surface area contributed by atoms with Gasteiger partial charge in [0, 0.05) is 89.9 Å². The topological polar surface area (TPSA) is 122 Å². The highest BCUT2D eigenvalue weighted by atomic mass is 16.5. The quantitative estimate of drug-likeness (QED) is 0.0986. The van der Waals surface area contributed by atoms with Crippen LogP contribution in [0.5, 0.6) is 5.75 Å². The van der Waals surface area contributed by atoms with Crippen LogP contribution in [0.2, 0.25) is 0 Å². The van der Waals surface area contributed by atoms with Gasteiger partial charge in [0.1, 0.15) is 5.75 Å². The number of ether oxygens (including phenoxy) is 1. The Labute approximate surface area is 405 Å². The van der Waals surface area contributed by atoms with Crippen LogP contribution in [0, 0.1) is 6.92 Å². The molecule has 4 aliphatic rings. The number of methoxy groups -OCH3 is 1. The van der Waals surface area contributed by atoms with E-state index >= 15 is 0 Å². The molecule has 2 saturated heterocycles. The lowest BCUT2D eigenvalue weighted by Gasteiger charge is -2.43. The van der Waals surface area contributed by atoms with E-state index < -0.39 is 0 Å². The van der Waals surface area contributed by atoms with Crippen LogP contribution in [0.25, 0.3) is 0 Å². The van der Waals surface area contributed by atoms with E-state index in [4.69, 9.17) is 4.74 Å². The fourth-order valence-corrected chi connectivity index (χ4v) is 11.1. The smallest absolute Gasteiger partial charge is 0.173 e. The van der Waals surface area contributed by atoms with Gasteiger partial charge in [-0.05, 0) is 106 Å². The van der Waals surface area contributed by atoms with Gasteiger partial charge in [0.05, 0.1) is 19.2 Å². The van der Waals surface area contributed by atoms with Crippen molar-refractivity contribution in [2.24, 2.45) is 0 Å². The molecule has 14 heteroatoms. The summed E-state index contributed by atoms with van der Waals surface area (Å²) in [6, 6.07) is 33.4. The Morgan fingerprint density at radius 2 is 1.04 bits per heavy atom. The molecule has 2 saturated carbocycles. The first-order valence-electron chi connectivity index (χ1n) is 25.2. The maximum Gasteiger partial charge on any atom is 0.173 e. The van der Waals surface area contributed by atoms with E-state index in [1.165, 1.54) is 80.9 Å². The second kappa shape index (κ2) is 24.7. The van der Waals surface area contributed by atoms with Crippen molar-refractivity contribution in [1.29, 1.82) is 0 Å². The third-order valence-corrected chi connectivity index (χ3v) is 14.9. The molecule has 2 aliphatic carbocycles. The van der Waals surface area contributed by atoms with E-state index in [1.54, 1.807) is 7.11 Å². The van der Waals surface area contributed by atoms with Gasteiger partial charge >= 0.3 is 0 Å². The molecular formula is C54H75N13O. The summed E-state index contributed by atoms with van der Waals surface area (Å²) in [7, 11) is 1.74. The van der Waals surface area contributed by atoms with Crippen LogP contribution < -0.4 is 4.74 Å². The molecule has 14 nitrogen and oxygen atoms in total. The van der Waals surface area contributed by atoms with Crippen molar-refractivity contribution in [3.8, 4) is 5.75 Å². The van der Waals surface area contributed by atoms with Gasteiger partial charge < -0.3 is 4.74 Å². The molecule has 5 heterocycles. The largest absolute Gasteiger partial charge is 0.496 e. The van der Waals surface area contributed by atoms with Crippen molar-refractivity contribution in [1.82, 2.24) is 65.0 Å². The van der Waals surface area contributed by atoms with Crippen LogP contribution in [0.15, 0.2) is 103 Å². The summed E-state index contributed by atoms with van der Waals surface area (Å²) < 4.78 is 9.67. The van der Waals surface area contributed by atoms with Crippen molar-refractivity contribution in [2.75, 3.05) is 59.5 Å². The lowest BCUT2D eigenvalue weighted by molar-refractivity contribution is 0.0619. The summed E-state index contributed by atoms with van der Waals surface area (Å²) in [5.41, 5.74) is 6.08. The second-order valence-corrected chi connectivity index (χ2v) is 19.0. The Bertz CT molecular complexity index is 2350. The molecule has 0 radical (unpaired) electrons. The number of piperazine rings is 2. The average Bonchev–Trinajstić information content (AvgIpc) is 4.07. The zero-order chi connectivity index (χ0) is 45.6. The van der Waals surface area contributed by atoms with E-state index in [1.807, 2.05) is 27.8 Å². The number of hydrogen-bond acceptors (Lipinski definition) is 12. The summed E-state index contributed by atoms with van der Waals surface area (Å²) in [6.45, 7) is 12.2. The van der Waals surface area contributed by atoms with E-state index in [0.29, 0.717) is 0 Å². The lowest BCUT2D eigenvalue weighted by Crippen LogP contribution is -2.52. The molecule has 0 amide bonds. The second-order valence-electron chi connectivity index (χ2n) is 19.0. The Hall–Kier alpha value is -5.41. The molecule has 6 aromatic rings. The molecule has 0 N–H and O–H groups in total. The highest BCUT2D eigenvalue weighted by molar-refractivity contribution is 5.39. The van der Waals surface area contributed by atoms with Gasteiger partial charge in [-0.2, -0.15) is 0 Å². The Morgan fingerprint density at radius 3 is 1.50 bits per heavy atom. The van der Waals surface area contributed by atoms with Gasteiger partial charge in [-0.1, -0.05) is 125 Å². The van der Waals surface area contributed by atoms with Gasteiger partial charge in [0.25, 0.3) is 0 Å². The minimum absolute atomic E-state index is 0. The molecule has 0 bridgehead atoms. The van der Waals surface area contributed by atoms with Crippen LogP contribution in [0.3, 0.4) is 0 Å². The van der Waals surface area contributed by atoms with E-state index in [9.17, 15) is 0 Å². The maximum absolute atomic E-state index is 5.69. The molecule has 2 aliphatic heterocycles. The van der Waals surface area contributed by atoms with Gasteiger partial charge in [0.15, 0.2) is 11.6 Å². The molecule has 2 unspecified atom stereocenters. The highest BCUT2D eigenvalue weighted by Crippen LogP contribution is 2.34. The first-order valence-corrected chi connectivity index (χ1v) is 25.2. The number of aryl methyl sites for hydroxylation is 5. The van der Waals surface area contributed by atoms with Crippen molar-refractivity contribution >= 4 is 0 Å². The lowest BCUT2D eigenvalue weighted by atomic mass is 9.93. The van der Waals surface area contributed by atoms with Crippen LogP contribution in [-0.2, 0) is 25.9 Å². The molecule has 3 aromatic heterocycles. The number of hydrogen-bond donors (Lipinski definition) is 0. The summed E-state index contributed by atoms with van der Waals surface area (Å²) >= 11 is 0. The van der Waals surface area contributed by atoms with Crippen molar-refractivity contribution in [2.45, 2.75) is 129 Å². The standard InChI is InChI=1S/C28H38N6O.C25H33N7.CH4/c1-22-13-14-24(21-26(22)35-2)27(33-19-17-32(18-20-33)25-11-7-4-8-12-25)28-29-30-31-34(28)16-15-23-9-5-3-6-10-23;1-3-8-21(9-4-1)13-15-32-25(27-28-29-32)24(22-10-7-14-26-20-22)31-18-16-30(17-19-31)23-11-5-2-6-12-23;/h3,5-6,9-10,13-14,21,25,27H,4,7-8,11-12,15-20H2,1-2H3;1,3-4,7-10,14,20,23-24H,2,5-6,11-13,15-19H2;1H4. The minimum Gasteiger partial charge on any atom is -0.496 e. The van der Waals surface area contributed by atoms with Crippen molar-refractivity contribution < 1.29 is 4.74 Å². The Morgan fingerprint density at radius 1 is 0.559 bits per heavy atom. The van der Waals surface area contributed by atoms with Crippen LogP contribution in [-0.4, -0.2) is 137 Å². The van der Waals surface area contributed by atoms with Gasteiger partial charge in [-0.25, -0.2) is 9.36 Å². The fourth-order valence-electron chi connectivity index (χ4n) is 11.1. The SMILES string of the molecule is C.COc1cc(C(c2nnnn2CCc2ccccc2)N2CCN(C3CCCCC3)CC2)ccc1C.c1ccc(CCn2nnnc2C(c2cccnc2)N2CCN(C3CCCCC3)CC2)cc1. The zero-order valence-electron chi connectivity index (χ0n) is 39.9. The molecule has 0 spiro atoms. The van der Waals surface area contributed by atoms with E-state index in [2.05, 4.69) is 147 Å². The number of aromatic nitrogens is 9. The third-order valence-electron chi connectivity index (χ3n) is 14.9. The van der Waals surface area contributed by atoms with Crippen LogP contribution >= 0.6 is 0 Å². The van der Waals surface area contributed by atoms with Crippen LogP contribution in [0.1, 0.15) is 123 Å². The van der Waals surface area contributed by atoms with Gasteiger partial charge in [0.2, 0.25) is 0 Å². The van der Waals surface area contributed by atoms with Gasteiger partial charge in [-0.3, -0.25) is 24.6 Å². The monoisotopic (exact) mass is 922 g/mol. The Kier molecular flexibility index (Phi) is 17.8. The predicted molar refractivity (Wildman–Crippen MR) is 268 cm³/mol. The third kappa shape index (κ3) is 12.4. The number of tetrazole rings is 2. The van der Waals surface area contributed by atoms with Crippen molar-refractivity contribution in [3.05, 3.63) is 143 Å². The first-order chi connectivity index (χ1) is 33.1. The number of rotatable bonds is 15. The number of pyridine rings is 1. The summed E-state index contributed by atoms with van der Waals surface area (Å²) in [6.07, 6.45) is 19.4. The molecule has 362 valence electrons. The molecular weight excluding hydrogens is 847 g/mol. The molecule has 68 heavy (non-hydrogen) atoms. The molecule has 10 rings (SSSR count). The average molecular weight is 922 g/mol. The zero-order valence-corrected chi connectivity index (χ0v) is 39.9. The maximum atomic E-state index is 5.69. The first kappa shape index (κ1) is 49.0. The minimum atomic E-state index is 0. The molecule has 2 atom stereocenters. The Balaban J connectivity index is 0.000000182. The summed E-state index contributed by atoms with van der Waals surface area (Å²) in [4.78, 5) is 15.0. The van der Waals surface area contributed by atoms with Gasteiger partial charge in [-0.15, -0.1) is 10.2 Å². The molecule has 3 aromatic carbocycles. The fraction of sp³-hybridized carbons (Fsp3) is 0.537. The number of nitrogens with zero attached hydrogens (tertiary/aromatic N) is 13. The summed E-state index contributed by atoms with van der Waals surface area (Å²) in [5, 5.41) is 26.0. The summed E-state index contributed by atoms with van der Waals surface area (Å²) in [5.74, 6) is 2.75. The van der Waals surface area contributed by atoms with E-state index in [-0.39, 0.29) is 19.5 Å². The van der Waals surface area contributed by atoms with E-state index in [0.717, 1.165) is 119 Å². The molecule has 4 fully saturated rings. The predicted octanol–water partition coefficient (Wildman–Crippen LogP) is 8.26. The van der Waals surface area contributed by atoms with Crippen LogP contribution in [0.4, 0.5) is 0 Å². The van der Waals surface area contributed by atoms with Crippen molar-refractivity contribution in [3.63, 3.8) is 0 Å².